The molecule has 5 heteroatoms. The highest BCUT2D eigenvalue weighted by Crippen LogP contribution is 2.12. The number of likely N-dealkylation sites (N-methyl/N-ethyl adjacent to an activating group) is 1. The van der Waals surface area contributed by atoms with Crippen LogP contribution in [-0.4, -0.2) is 40.2 Å². The molecule has 0 fully saturated rings. The Bertz CT molecular complexity index is 588. The standard InChI is InChI=1S/C15H20N4O/c1-11-9-17-19(10-11)14-6-4-13(5-7-14)15(20)18(3)12(2)8-16/h4-7,9-10,12H,8,16H2,1-3H3. The monoisotopic (exact) mass is 272 g/mol. The molecule has 1 aromatic heterocycles. The smallest absolute Gasteiger partial charge is 0.253 e. The Morgan fingerprint density at radius 3 is 2.55 bits per heavy atom. The second-order valence-corrected chi connectivity index (χ2v) is 5.01. The molecule has 106 valence electrons. The molecule has 2 rings (SSSR count). The lowest BCUT2D eigenvalue weighted by atomic mass is 10.1. The Morgan fingerprint density at radius 1 is 1.40 bits per heavy atom. The second-order valence-electron chi connectivity index (χ2n) is 5.01. The van der Waals surface area contributed by atoms with Crippen molar-refractivity contribution in [3.05, 3.63) is 47.8 Å². The number of hydrogen-bond donors (Lipinski definition) is 1. The van der Waals surface area contributed by atoms with Crippen molar-refractivity contribution >= 4 is 5.91 Å². The molecule has 0 spiro atoms. The van der Waals surface area contributed by atoms with Crippen LogP contribution < -0.4 is 5.73 Å². The van der Waals surface area contributed by atoms with Crippen LogP contribution in [0.1, 0.15) is 22.8 Å². The van der Waals surface area contributed by atoms with E-state index in [4.69, 9.17) is 5.73 Å². The molecule has 1 aromatic carbocycles. The molecule has 0 aliphatic rings. The Morgan fingerprint density at radius 2 is 2.05 bits per heavy atom. The zero-order valence-corrected chi connectivity index (χ0v) is 12.1. The number of amides is 1. The van der Waals surface area contributed by atoms with Gasteiger partial charge in [0.2, 0.25) is 0 Å². The molecule has 0 saturated heterocycles. The lowest BCUT2D eigenvalue weighted by Gasteiger charge is -2.23. The Balaban J connectivity index is 2.18. The van der Waals surface area contributed by atoms with Gasteiger partial charge in [0, 0.05) is 31.4 Å². The minimum absolute atomic E-state index is 0.0221. The summed E-state index contributed by atoms with van der Waals surface area (Å²) in [6.07, 6.45) is 3.75. The predicted molar refractivity (Wildman–Crippen MR) is 78.9 cm³/mol. The fourth-order valence-corrected chi connectivity index (χ4v) is 1.87. The summed E-state index contributed by atoms with van der Waals surface area (Å²) >= 11 is 0. The van der Waals surface area contributed by atoms with Crippen LogP contribution in [0.3, 0.4) is 0 Å². The summed E-state index contributed by atoms with van der Waals surface area (Å²) in [7, 11) is 1.77. The zero-order valence-electron chi connectivity index (χ0n) is 12.1. The van der Waals surface area contributed by atoms with Gasteiger partial charge in [0.15, 0.2) is 0 Å². The third-order valence-corrected chi connectivity index (χ3v) is 3.41. The lowest BCUT2D eigenvalue weighted by Crippen LogP contribution is -2.39. The van der Waals surface area contributed by atoms with Crippen molar-refractivity contribution in [1.82, 2.24) is 14.7 Å². The first-order valence-corrected chi connectivity index (χ1v) is 6.62. The number of carbonyl (C=O) groups excluding carboxylic acids is 1. The molecule has 1 heterocycles. The van der Waals surface area contributed by atoms with Crippen molar-refractivity contribution in [2.75, 3.05) is 13.6 Å². The van der Waals surface area contributed by atoms with E-state index < -0.39 is 0 Å². The van der Waals surface area contributed by atoms with E-state index in [-0.39, 0.29) is 11.9 Å². The molecule has 0 aliphatic carbocycles. The van der Waals surface area contributed by atoms with Crippen LogP contribution in [0.25, 0.3) is 5.69 Å². The first-order chi connectivity index (χ1) is 9.52. The highest BCUT2D eigenvalue weighted by atomic mass is 16.2. The van der Waals surface area contributed by atoms with Crippen molar-refractivity contribution in [3.8, 4) is 5.69 Å². The minimum Gasteiger partial charge on any atom is -0.338 e. The van der Waals surface area contributed by atoms with Gasteiger partial charge in [-0.05, 0) is 43.7 Å². The zero-order chi connectivity index (χ0) is 14.7. The van der Waals surface area contributed by atoms with E-state index in [0.717, 1.165) is 11.3 Å². The number of rotatable bonds is 4. The Kier molecular flexibility index (Phi) is 4.20. The van der Waals surface area contributed by atoms with E-state index >= 15 is 0 Å². The van der Waals surface area contributed by atoms with Crippen molar-refractivity contribution in [2.24, 2.45) is 5.73 Å². The normalized spacial score (nSPS) is 12.2. The summed E-state index contributed by atoms with van der Waals surface area (Å²) in [5.74, 6) is -0.0221. The van der Waals surface area contributed by atoms with Crippen LogP contribution in [0.5, 0.6) is 0 Å². The maximum absolute atomic E-state index is 12.2. The first kappa shape index (κ1) is 14.3. The van der Waals surface area contributed by atoms with Crippen LogP contribution in [0.2, 0.25) is 0 Å². The van der Waals surface area contributed by atoms with Gasteiger partial charge < -0.3 is 10.6 Å². The lowest BCUT2D eigenvalue weighted by molar-refractivity contribution is 0.0748. The van der Waals surface area contributed by atoms with E-state index in [1.165, 1.54) is 0 Å². The van der Waals surface area contributed by atoms with E-state index in [9.17, 15) is 4.79 Å². The van der Waals surface area contributed by atoms with Gasteiger partial charge in [-0.15, -0.1) is 0 Å². The number of aryl methyl sites for hydroxylation is 1. The largest absolute Gasteiger partial charge is 0.338 e. The third kappa shape index (κ3) is 2.88. The number of carbonyl (C=O) groups is 1. The molecule has 1 amide bonds. The van der Waals surface area contributed by atoms with Crippen molar-refractivity contribution in [2.45, 2.75) is 19.9 Å². The molecule has 1 unspecified atom stereocenters. The van der Waals surface area contributed by atoms with Crippen LogP contribution in [0, 0.1) is 6.92 Å². The van der Waals surface area contributed by atoms with Gasteiger partial charge in [0.1, 0.15) is 0 Å². The molecule has 0 aliphatic heterocycles. The van der Waals surface area contributed by atoms with Crippen molar-refractivity contribution in [3.63, 3.8) is 0 Å². The van der Waals surface area contributed by atoms with Crippen LogP contribution in [0.4, 0.5) is 0 Å². The molecule has 0 saturated carbocycles. The van der Waals surface area contributed by atoms with Crippen LogP contribution in [0.15, 0.2) is 36.7 Å². The average Bonchev–Trinajstić information content (AvgIpc) is 2.91. The fourth-order valence-electron chi connectivity index (χ4n) is 1.87. The van der Waals surface area contributed by atoms with Gasteiger partial charge in [-0.3, -0.25) is 4.79 Å². The molecule has 5 nitrogen and oxygen atoms in total. The molecule has 2 aromatic rings. The highest BCUT2D eigenvalue weighted by Gasteiger charge is 2.16. The quantitative estimate of drug-likeness (QED) is 0.919. The summed E-state index contributed by atoms with van der Waals surface area (Å²) in [5, 5.41) is 4.24. The number of nitrogens with two attached hydrogens (primary N) is 1. The molecule has 2 N–H and O–H groups in total. The maximum Gasteiger partial charge on any atom is 0.253 e. The van der Waals surface area contributed by atoms with E-state index in [0.29, 0.717) is 12.1 Å². The SMILES string of the molecule is Cc1cnn(-c2ccc(C(=O)N(C)C(C)CN)cc2)c1. The predicted octanol–water partition coefficient (Wildman–Crippen LogP) is 1.60. The summed E-state index contributed by atoms with van der Waals surface area (Å²) in [6, 6.07) is 7.43. The summed E-state index contributed by atoms with van der Waals surface area (Å²) in [4.78, 5) is 13.9. The number of hydrogen-bond acceptors (Lipinski definition) is 3. The van der Waals surface area contributed by atoms with Gasteiger partial charge in [0.05, 0.1) is 11.9 Å². The van der Waals surface area contributed by atoms with E-state index in [1.807, 2.05) is 44.3 Å². The molecule has 20 heavy (non-hydrogen) atoms. The fraction of sp³-hybridized carbons (Fsp3) is 0.333. The molecule has 0 bridgehead atoms. The topological polar surface area (TPSA) is 64.2 Å². The summed E-state index contributed by atoms with van der Waals surface area (Å²) < 4.78 is 1.79. The van der Waals surface area contributed by atoms with E-state index in [2.05, 4.69) is 5.10 Å². The van der Waals surface area contributed by atoms with Gasteiger partial charge >= 0.3 is 0 Å². The summed E-state index contributed by atoms with van der Waals surface area (Å²) in [6.45, 7) is 4.37. The number of benzene rings is 1. The van der Waals surface area contributed by atoms with Gasteiger partial charge in [-0.25, -0.2) is 4.68 Å². The highest BCUT2D eigenvalue weighted by molar-refractivity contribution is 5.94. The minimum atomic E-state index is -0.0221. The van der Waals surface area contributed by atoms with Gasteiger partial charge in [-0.1, -0.05) is 0 Å². The molecular weight excluding hydrogens is 252 g/mol. The molecule has 1 atom stereocenters. The van der Waals surface area contributed by atoms with Gasteiger partial charge in [-0.2, -0.15) is 5.10 Å². The number of nitrogens with zero attached hydrogens (tertiary/aromatic N) is 3. The van der Waals surface area contributed by atoms with Crippen LogP contribution >= 0.6 is 0 Å². The second kappa shape index (κ2) is 5.88. The van der Waals surface area contributed by atoms with Crippen molar-refractivity contribution < 1.29 is 4.79 Å². The third-order valence-electron chi connectivity index (χ3n) is 3.41. The van der Waals surface area contributed by atoms with E-state index in [1.54, 1.807) is 22.8 Å². The summed E-state index contributed by atoms with van der Waals surface area (Å²) in [5.41, 5.74) is 8.27. The number of aromatic nitrogens is 2. The van der Waals surface area contributed by atoms with Crippen molar-refractivity contribution in [1.29, 1.82) is 0 Å². The average molecular weight is 272 g/mol. The molecule has 0 radical (unpaired) electrons. The molecular formula is C15H20N4O. The van der Waals surface area contributed by atoms with Gasteiger partial charge in [0.25, 0.3) is 5.91 Å². The van der Waals surface area contributed by atoms with Crippen LogP contribution in [-0.2, 0) is 0 Å². The first-order valence-electron chi connectivity index (χ1n) is 6.62. The Labute approximate surface area is 119 Å². The maximum atomic E-state index is 12.2. The Hall–Kier alpha value is -2.14.